The van der Waals surface area contributed by atoms with Gasteiger partial charge in [0.15, 0.2) is 5.11 Å². The van der Waals surface area contributed by atoms with Crippen LogP contribution in [0.3, 0.4) is 0 Å². The molecule has 4 heterocycles. The van der Waals surface area contributed by atoms with Gasteiger partial charge in [-0.2, -0.15) is 0 Å². The molecule has 3 aromatic heterocycles. The van der Waals surface area contributed by atoms with Gasteiger partial charge >= 0.3 is 0 Å². The van der Waals surface area contributed by atoms with Crippen molar-refractivity contribution >= 4 is 28.9 Å². The molecule has 2 atom stereocenters. The molecular weight excluding hydrogens is 482 g/mol. The average molecular weight is 514 g/mol. The van der Waals surface area contributed by atoms with Crippen LogP contribution in [0.1, 0.15) is 52.5 Å². The minimum Gasteiger partial charge on any atom is -0.467 e. The van der Waals surface area contributed by atoms with Crippen LogP contribution in [0.5, 0.6) is 0 Å². The zero-order chi connectivity index (χ0) is 25.9. The highest BCUT2D eigenvalue weighted by Gasteiger charge is 2.41. The molecule has 2 N–H and O–H groups in total. The Morgan fingerprint density at radius 3 is 2.70 bits per heavy atom. The maximum Gasteiger partial charge on any atom is 0.226 e. The number of nitrogens with zero attached hydrogens (tertiary/aromatic N) is 3. The van der Waals surface area contributed by atoms with E-state index < -0.39 is 0 Å². The van der Waals surface area contributed by atoms with Crippen LogP contribution >= 0.6 is 12.2 Å². The Kier molecular flexibility index (Phi) is 7.10. The quantitative estimate of drug-likeness (QED) is 0.305. The Balaban J connectivity index is 1.42. The SMILES string of the molecule is Cc1cccc(NC(=O)CCN2C(=S)N[C@@H](c3ccccn3)[C@H]2c2cc(C)n(Cc3ccco3)c2C)c1. The van der Waals surface area contributed by atoms with E-state index in [1.807, 2.05) is 61.5 Å². The third-order valence-electron chi connectivity index (χ3n) is 6.90. The van der Waals surface area contributed by atoms with Gasteiger partial charge in [-0.1, -0.05) is 18.2 Å². The van der Waals surface area contributed by atoms with Crippen LogP contribution in [0, 0.1) is 20.8 Å². The predicted octanol–water partition coefficient (Wildman–Crippen LogP) is 5.45. The Labute approximate surface area is 222 Å². The summed E-state index contributed by atoms with van der Waals surface area (Å²) in [5.74, 6) is 0.857. The maximum atomic E-state index is 12.9. The highest BCUT2D eigenvalue weighted by molar-refractivity contribution is 7.80. The van der Waals surface area contributed by atoms with Gasteiger partial charge in [-0.15, -0.1) is 0 Å². The fraction of sp³-hybridized carbons (Fsp3) is 0.276. The molecule has 1 amide bonds. The maximum absolute atomic E-state index is 12.9. The van der Waals surface area contributed by atoms with Crippen molar-refractivity contribution in [2.24, 2.45) is 0 Å². The molecule has 4 aromatic rings. The Morgan fingerprint density at radius 2 is 1.97 bits per heavy atom. The van der Waals surface area contributed by atoms with E-state index in [9.17, 15) is 4.79 Å². The van der Waals surface area contributed by atoms with Crippen LogP contribution in [0.25, 0.3) is 0 Å². The lowest BCUT2D eigenvalue weighted by molar-refractivity contribution is -0.116. The number of carbonyl (C=O) groups excluding carboxylic acids is 1. The predicted molar refractivity (Wildman–Crippen MR) is 148 cm³/mol. The third-order valence-corrected chi connectivity index (χ3v) is 7.26. The number of aryl methyl sites for hydroxylation is 2. The van der Waals surface area contributed by atoms with E-state index >= 15 is 0 Å². The van der Waals surface area contributed by atoms with Crippen LogP contribution in [0.15, 0.2) is 77.5 Å². The van der Waals surface area contributed by atoms with Crippen LogP contribution < -0.4 is 10.6 Å². The first-order valence-corrected chi connectivity index (χ1v) is 12.8. The molecule has 5 rings (SSSR count). The van der Waals surface area contributed by atoms with Gasteiger partial charge in [-0.3, -0.25) is 9.78 Å². The van der Waals surface area contributed by atoms with Crippen LogP contribution in [0.4, 0.5) is 5.69 Å². The van der Waals surface area contributed by atoms with Crippen molar-refractivity contribution in [2.75, 3.05) is 11.9 Å². The number of nitrogens with one attached hydrogen (secondary N) is 2. The summed E-state index contributed by atoms with van der Waals surface area (Å²) in [4.78, 5) is 19.6. The topological polar surface area (TPSA) is 75.3 Å². The fourth-order valence-electron chi connectivity index (χ4n) is 5.08. The molecule has 0 bridgehead atoms. The molecule has 0 unspecified atom stereocenters. The zero-order valence-corrected chi connectivity index (χ0v) is 22.1. The smallest absolute Gasteiger partial charge is 0.226 e. The number of hydrogen-bond acceptors (Lipinski definition) is 4. The number of amides is 1. The summed E-state index contributed by atoms with van der Waals surface area (Å²) >= 11 is 5.80. The normalized spacial score (nSPS) is 17.2. The monoisotopic (exact) mass is 513 g/mol. The van der Waals surface area contributed by atoms with Gasteiger partial charge in [0.05, 0.1) is 30.6 Å². The molecule has 1 saturated heterocycles. The molecule has 37 heavy (non-hydrogen) atoms. The van der Waals surface area contributed by atoms with Gasteiger partial charge in [-0.25, -0.2) is 0 Å². The Hall–Kier alpha value is -3.91. The van der Waals surface area contributed by atoms with Crippen molar-refractivity contribution in [3.05, 3.63) is 107 Å². The largest absolute Gasteiger partial charge is 0.467 e. The molecule has 7 nitrogen and oxygen atoms in total. The molecule has 0 saturated carbocycles. The number of carbonyl (C=O) groups is 1. The van der Waals surface area contributed by atoms with Crippen molar-refractivity contribution in [2.45, 2.75) is 45.8 Å². The zero-order valence-electron chi connectivity index (χ0n) is 21.3. The van der Waals surface area contributed by atoms with Crippen molar-refractivity contribution in [3.8, 4) is 0 Å². The first-order chi connectivity index (χ1) is 17.9. The number of aromatic nitrogens is 2. The number of thiocarbonyl (C=S) groups is 1. The molecule has 0 radical (unpaired) electrons. The Bertz CT molecular complexity index is 1400. The van der Waals surface area contributed by atoms with Crippen LogP contribution in [0.2, 0.25) is 0 Å². The molecule has 190 valence electrons. The van der Waals surface area contributed by atoms with Crippen molar-refractivity contribution < 1.29 is 9.21 Å². The highest BCUT2D eigenvalue weighted by atomic mass is 32.1. The van der Waals surface area contributed by atoms with Gasteiger partial charge in [0.1, 0.15) is 5.76 Å². The summed E-state index contributed by atoms with van der Waals surface area (Å²) < 4.78 is 7.87. The van der Waals surface area contributed by atoms with Crippen LogP contribution in [-0.4, -0.2) is 32.0 Å². The molecule has 0 spiro atoms. The van der Waals surface area contributed by atoms with Gasteiger partial charge in [0, 0.05) is 36.2 Å². The molecule has 1 fully saturated rings. The van der Waals surface area contributed by atoms with Crippen molar-refractivity contribution in [1.29, 1.82) is 0 Å². The second kappa shape index (κ2) is 10.6. The first-order valence-electron chi connectivity index (χ1n) is 12.4. The van der Waals surface area contributed by atoms with Gasteiger partial charge in [0.2, 0.25) is 5.91 Å². The highest BCUT2D eigenvalue weighted by Crippen LogP contribution is 2.41. The van der Waals surface area contributed by atoms with E-state index in [0.29, 0.717) is 24.6 Å². The second-order valence-electron chi connectivity index (χ2n) is 9.48. The number of pyridine rings is 1. The molecule has 0 aliphatic carbocycles. The van der Waals surface area contributed by atoms with Crippen LogP contribution in [-0.2, 0) is 11.3 Å². The molecule has 8 heteroatoms. The fourth-order valence-corrected chi connectivity index (χ4v) is 5.41. The van der Waals surface area contributed by atoms with Gasteiger partial charge in [0.25, 0.3) is 0 Å². The lowest BCUT2D eigenvalue weighted by atomic mass is 9.96. The number of anilines is 1. The van der Waals surface area contributed by atoms with E-state index in [1.165, 1.54) is 0 Å². The second-order valence-corrected chi connectivity index (χ2v) is 9.87. The van der Waals surface area contributed by atoms with Crippen molar-refractivity contribution in [1.82, 2.24) is 19.8 Å². The summed E-state index contributed by atoms with van der Waals surface area (Å²) in [7, 11) is 0. The molecule has 1 aliphatic rings. The van der Waals surface area contributed by atoms with Gasteiger partial charge in [-0.05, 0) is 86.6 Å². The van der Waals surface area contributed by atoms with E-state index in [0.717, 1.165) is 39.7 Å². The average Bonchev–Trinajstić information content (AvgIpc) is 3.58. The summed E-state index contributed by atoms with van der Waals surface area (Å²) in [5.41, 5.74) is 6.25. The third kappa shape index (κ3) is 5.29. The van der Waals surface area contributed by atoms with E-state index in [-0.39, 0.29) is 18.0 Å². The summed E-state index contributed by atoms with van der Waals surface area (Å²) in [5, 5.41) is 7.12. The lowest BCUT2D eigenvalue weighted by Crippen LogP contribution is -2.33. The van der Waals surface area contributed by atoms with Crippen molar-refractivity contribution in [3.63, 3.8) is 0 Å². The number of hydrogen-bond donors (Lipinski definition) is 2. The van der Waals surface area contributed by atoms with E-state index in [1.54, 1.807) is 12.5 Å². The minimum absolute atomic E-state index is 0.0447. The lowest BCUT2D eigenvalue weighted by Gasteiger charge is -2.28. The summed E-state index contributed by atoms with van der Waals surface area (Å²) in [6, 6.07) is 19.6. The standard InChI is InChI=1S/C29H31N5O2S/c1-19-8-6-9-22(16-19)31-26(35)12-14-33-28(27(32-29(33)37)25-11-4-5-13-30-25)24-17-20(2)34(21(24)3)18-23-10-7-15-36-23/h4-11,13,15-17,27-28H,12,14,18H2,1-3H3,(H,31,35)(H,32,37)/t27-,28+/m0/s1. The minimum atomic E-state index is -0.133. The van der Waals surface area contributed by atoms with E-state index in [4.69, 9.17) is 16.6 Å². The number of benzene rings is 1. The summed E-state index contributed by atoms with van der Waals surface area (Å²) in [6.07, 6.45) is 3.81. The van der Waals surface area contributed by atoms with Gasteiger partial charge < -0.3 is 24.5 Å². The first kappa shape index (κ1) is 24.8. The number of rotatable bonds is 8. The molecular formula is C29H31N5O2S. The summed E-state index contributed by atoms with van der Waals surface area (Å²) in [6.45, 7) is 7.39. The Morgan fingerprint density at radius 1 is 1.11 bits per heavy atom. The molecule has 1 aliphatic heterocycles. The van der Waals surface area contributed by atoms with E-state index in [2.05, 4.69) is 45.0 Å². The molecule has 1 aromatic carbocycles. The number of furan rings is 1.